The molecule has 1 saturated carbocycles. The van der Waals surface area contributed by atoms with Gasteiger partial charge in [-0.25, -0.2) is 0 Å². The Morgan fingerprint density at radius 1 is 1.10 bits per heavy atom. The lowest BCUT2D eigenvalue weighted by Gasteiger charge is -2.30. The number of aromatic nitrogens is 4. The molecule has 0 radical (unpaired) electrons. The summed E-state index contributed by atoms with van der Waals surface area (Å²) in [6, 6.07) is 3.65. The molecule has 2 fully saturated rings. The summed E-state index contributed by atoms with van der Waals surface area (Å²) < 4.78 is 13.7. The predicted octanol–water partition coefficient (Wildman–Crippen LogP) is 3.01. The second kappa shape index (κ2) is 8.10. The molecule has 8 nitrogen and oxygen atoms in total. The molecular formula is C22H27N5O3. The van der Waals surface area contributed by atoms with Gasteiger partial charge in [0.2, 0.25) is 5.88 Å². The van der Waals surface area contributed by atoms with E-state index < -0.39 is 0 Å². The topological polar surface area (TPSA) is 85.5 Å². The molecule has 8 heteroatoms. The van der Waals surface area contributed by atoms with Crippen LogP contribution in [0.3, 0.4) is 0 Å². The van der Waals surface area contributed by atoms with Crippen molar-refractivity contribution in [3.8, 4) is 11.6 Å². The number of pyridine rings is 2. The summed E-state index contributed by atoms with van der Waals surface area (Å²) in [5.41, 5.74) is 2.09. The Morgan fingerprint density at radius 2 is 1.90 bits per heavy atom. The largest absolute Gasteiger partial charge is 0.506 e. The molecule has 0 amide bonds. The van der Waals surface area contributed by atoms with Crippen LogP contribution in [0.5, 0.6) is 11.6 Å². The number of anilines is 1. The Labute approximate surface area is 175 Å². The molecule has 1 aliphatic carbocycles. The van der Waals surface area contributed by atoms with Crippen LogP contribution < -0.4 is 9.64 Å². The number of morpholine rings is 1. The number of aryl methyl sites for hydroxylation is 1. The van der Waals surface area contributed by atoms with Crippen molar-refractivity contribution in [3.05, 3.63) is 36.3 Å². The lowest BCUT2D eigenvalue weighted by molar-refractivity contribution is 0.122. The van der Waals surface area contributed by atoms with Crippen LogP contribution in [0.15, 0.2) is 30.7 Å². The van der Waals surface area contributed by atoms with Gasteiger partial charge >= 0.3 is 0 Å². The molecule has 0 atom stereocenters. The Morgan fingerprint density at radius 3 is 2.63 bits per heavy atom. The fourth-order valence-corrected chi connectivity index (χ4v) is 4.44. The SMILES string of the molecule is Cn1cc([C@H]2CC[C@@H](Oc3nc(N4CCOCC4)cc4ncc(O)cc34)CC2)cn1. The van der Waals surface area contributed by atoms with E-state index in [0.29, 0.717) is 25.0 Å². The molecule has 1 aliphatic heterocycles. The fourth-order valence-electron chi connectivity index (χ4n) is 4.44. The van der Waals surface area contributed by atoms with E-state index in [2.05, 4.69) is 21.2 Å². The van der Waals surface area contributed by atoms with E-state index in [1.807, 2.05) is 24.0 Å². The molecule has 1 saturated heterocycles. The monoisotopic (exact) mass is 409 g/mol. The summed E-state index contributed by atoms with van der Waals surface area (Å²) in [5.74, 6) is 2.06. The first-order valence-corrected chi connectivity index (χ1v) is 10.6. The minimum atomic E-state index is 0.107. The van der Waals surface area contributed by atoms with E-state index in [1.165, 1.54) is 11.8 Å². The van der Waals surface area contributed by atoms with E-state index in [0.717, 1.165) is 55.5 Å². The van der Waals surface area contributed by atoms with E-state index >= 15 is 0 Å². The van der Waals surface area contributed by atoms with Gasteiger partial charge in [0.05, 0.1) is 36.5 Å². The van der Waals surface area contributed by atoms with Crippen molar-refractivity contribution in [2.75, 3.05) is 31.2 Å². The van der Waals surface area contributed by atoms with Gasteiger partial charge in [-0.1, -0.05) is 0 Å². The van der Waals surface area contributed by atoms with Gasteiger partial charge in [-0.3, -0.25) is 9.67 Å². The quantitative estimate of drug-likeness (QED) is 0.709. The number of nitrogens with zero attached hydrogens (tertiary/aromatic N) is 5. The molecule has 2 aliphatic rings. The van der Waals surface area contributed by atoms with Crippen LogP contribution in [0, 0.1) is 0 Å². The summed E-state index contributed by atoms with van der Waals surface area (Å²) in [7, 11) is 1.96. The molecule has 0 spiro atoms. The van der Waals surface area contributed by atoms with Gasteiger partial charge in [0.1, 0.15) is 17.7 Å². The maximum Gasteiger partial charge on any atom is 0.225 e. The highest BCUT2D eigenvalue weighted by Gasteiger charge is 2.26. The Hall–Kier alpha value is -2.87. The van der Waals surface area contributed by atoms with Crippen LogP contribution in [0.25, 0.3) is 10.9 Å². The normalized spacial score (nSPS) is 22.4. The fraction of sp³-hybridized carbons (Fsp3) is 0.500. The average molecular weight is 409 g/mol. The maximum absolute atomic E-state index is 9.96. The van der Waals surface area contributed by atoms with Crippen LogP contribution in [0.2, 0.25) is 0 Å². The number of hydrogen-bond acceptors (Lipinski definition) is 7. The zero-order valence-electron chi connectivity index (χ0n) is 17.2. The second-order valence-electron chi connectivity index (χ2n) is 8.18. The van der Waals surface area contributed by atoms with E-state index in [9.17, 15) is 5.11 Å². The van der Waals surface area contributed by atoms with Crippen molar-refractivity contribution >= 4 is 16.7 Å². The first-order valence-electron chi connectivity index (χ1n) is 10.6. The third kappa shape index (κ3) is 3.92. The van der Waals surface area contributed by atoms with Gasteiger partial charge in [0.25, 0.3) is 0 Å². The summed E-state index contributed by atoms with van der Waals surface area (Å²) in [4.78, 5) is 11.4. The summed E-state index contributed by atoms with van der Waals surface area (Å²) in [6.45, 7) is 2.98. The van der Waals surface area contributed by atoms with Gasteiger partial charge < -0.3 is 19.5 Å². The lowest BCUT2D eigenvalue weighted by Crippen LogP contribution is -2.36. The van der Waals surface area contributed by atoms with Crippen molar-refractivity contribution in [1.82, 2.24) is 19.7 Å². The predicted molar refractivity (Wildman–Crippen MR) is 113 cm³/mol. The van der Waals surface area contributed by atoms with Gasteiger partial charge in [-0.05, 0) is 43.2 Å². The molecule has 1 N–H and O–H groups in total. The minimum Gasteiger partial charge on any atom is -0.506 e. The van der Waals surface area contributed by atoms with Crippen molar-refractivity contribution in [3.63, 3.8) is 0 Å². The molecule has 0 aromatic carbocycles. The van der Waals surface area contributed by atoms with Crippen molar-refractivity contribution in [2.24, 2.45) is 7.05 Å². The van der Waals surface area contributed by atoms with E-state index in [1.54, 1.807) is 6.07 Å². The zero-order valence-corrected chi connectivity index (χ0v) is 17.2. The first kappa shape index (κ1) is 19.1. The van der Waals surface area contributed by atoms with Crippen LogP contribution >= 0.6 is 0 Å². The number of rotatable bonds is 4. The molecule has 0 unspecified atom stereocenters. The highest BCUT2D eigenvalue weighted by atomic mass is 16.5. The summed E-state index contributed by atoms with van der Waals surface area (Å²) >= 11 is 0. The Bertz CT molecular complexity index is 1020. The number of hydrogen-bond donors (Lipinski definition) is 1. The smallest absolute Gasteiger partial charge is 0.225 e. The molecular weight excluding hydrogens is 382 g/mol. The first-order chi connectivity index (χ1) is 14.7. The van der Waals surface area contributed by atoms with Crippen LogP contribution in [-0.2, 0) is 11.8 Å². The van der Waals surface area contributed by atoms with Crippen LogP contribution in [0.4, 0.5) is 5.82 Å². The highest BCUT2D eigenvalue weighted by Crippen LogP contribution is 2.36. The lowest BCUT2D eigenvalue weighted by atomic mass is 9.84. The highest BCUT2D eigenvalue weighted by molar-refractivity contribution is 5.86. The van der Waals surface area contributed by atoms with Gasteiger partial charge in [-0.2, -0.15) is 10.1 Å². The number of ether oxygens (including phenoxy) is 2. The maximum atomic E-state index is 9.96. The third-order valence-electron chi connectivity index (χ3n) is 6.10. The van der Waals surface area contributed by atoms with Gasteiger partial charge in [0.15, 0.2) is 0 Å². The molecule has 0 bridgehead atoms. The average Bonchev–Trinajstić information content (AvgIpc) is 3.21. The second-order valence-corrected chi connectivity index (χ2v) is 8.18. The van der Waals surface area contributed by atoms with Gasteiger partial charge in [0, 0.05) is 32.4 Å². The van der Waals surface area contributed by atoms with Crippen molar-refractivity contribution in [2.45, 2.75) is 37.7 Å². The minimum absolute atomic E-state index is 0.107. The zero-order chi connectivity index (χ0) is 20.5. The third-order valence-corrected chi connectivity index (χ3v) is 6.10. The molecule has 3 aromatic heterocycles. The van der Waals surface area contributed by atoms with Crippen LogP contribution in [0.1, 0.15) is 37.2 Å². The molecule has 4 heterocycles. The number of aromatic hydroxyl groups is 1. The number of fused-ring (bicyclic) bond motifs is 1. The summed E-state index contributed by atoms with van der Waals surface area (Å²) in [6.07, 6.45) is 9.74. The molecule has 3 aromatic rings. The molecule has 158 valence electrons. The molecule has 5 rings (SSSR count). The van der Waals surface area contributed by atoms with E-state index in [4.69, 9.17) is 14.5 Å². The standard InChI is InChI=1S/C22H27N5O3/c1-26-14-16(12-24-26)15-2-4-18(5-3-15)30-22-19-10-17(28)13-23-20(19)11-21(25-22)27-6-8-29-9-7-27/h10-15,18,28H,2-9H2,1H3/t15-,18+. The molecule has 30 heavy (non-hydrogen) atoms. The van der Waals surface area contributed by atoms with Gasteiger partial charge in [-0.15, -0.1) is 0 Å². The Balaban J connectivity index is 1.37. The van der Waals surface area contributed by atoms with Crippen LogP contribution in [-0.4, -0.2) is 57.3 Å². The van der Waals surface area contributed by atoms with Crippen molar-refractivity contribution < 1.29 is 14.6 Å². The van der Waals surface area contributed by atoms with E-state index in [-0.39, 0.29) is 11.9 Å². The van der Waals surface area contributed by atoms with Crippen molar-refractivity contribution in [1.29, 1.82) is 0 Å². The Kier molecular flexibility index (Phi) is 5.16. The summed E-state index contributed by atoms with van der Waals surface area (Å²) in [5, 5.41) is 15.0.